The number of halogens is 1. The molecule has 0 fully saturated rings. The Bertz CT molecular complexity index is 289. The van der Waals surface area contributed by atoms with Crippen LogP contribution < -0.4 is 4.74 Å². The van der Waals surface area contributed by atoms with Crippen molar-refractivity contribution in [1.29, 1.82) is 0 Å². The third-order valence-corrected chi connectivity index (χ3v) is 2.26. The van der Waals surface area contributed by atoms with E-state index in [9.17, 15) is 9.50 Å². The predicted molar refractivity (Wildman–Crippen MR) is 46.4 cm³/mol. The maximum Gasteiger partial charge on any atom is 0.182 e. The van der Waals surface area contributed by atoms with Gasteiger partial charge in [0.05, 0.1) is 12.0 Å². The summed E-state index contributed by atoms with van der Waals surface area (Å²) in [5.41, 5.74) is 0. The first-order valence-corrected chi connectivity index (χ1v) is 4.52. The highest BCUT2D eigenvalue weighted by molar-refractivity contribution is 7.98. The minimum Gasteiger partial charge on any atom is -0.507 e. The molecule has 0 spiro atoms. The molecule has 1 aromatic carbocycles. The molecule has 4 heteroatoms. The van der Waals surface area contributed by atoms with Crippen molar-refractivity contribution in [2.24, 2.45) is 0 Å². The van der Waals surface area contributed by atoms with E-state index in [1.165, 1.54) is 19.2 Å². The maximum atomic E-state index is 13.2. The van der Waals surface area contributed by atoms with Crippen molar-refractivity contribution in [2.75, 3.05) is 13.4 Å². The van der Waals surface area contributed by atoms with E-state index in [0.29, 0.717) is 0 Å². The molecule has 0 amide bonds. The van der Waals surface area contributed by atoms with Crippen LogP contribution in [0.1, 0.15) is 0 Å². The summed E-state index contributed by atoms with van der Waals surface area (Å²) >= 11 is 1.15. The quantitative estimate of drug-likeness (QED) is 0.722. The molecule has 2 nitrogen and oxygen atoms in total. The highest BCUT2D eigenvalue weighted by Crippen LogP contribution is 2.34. The van der Waals surface area contributed by atoms with Gasteiger partial charge in [0.2, 0.25) is 0 Å². The molecule has 0 saturated heterocycles. The number of ether oxygens (including phenoxy) is 1. The van der Waals surface area contributed by atoms with E-state index < -0.39 is 5.82 Å². The molecule has 12 heavy (non-hydrogen) atoms. The molecule has 0 unspecified atom stereocenters. The van der Waals surface area contributed by atoms with E-state index in [1.807, 2.05) is 0 Å². The molecule has 1 aromatic rings. The van der Waals surface area contributed by atoms with Crippen molar-refractivity contribution < 1.29 is 14.2 Å². The summed E-state index contributed by atoms with van der Waals surface area (Å²) in [7, 11) is 1.39. The highest BCUT2D eigenvalue weighted by Gasteiger charge is 2.11. The van der Waals surface area contributed by atoms with E-state index in [4.69, 9.17) is 4.74 Å². The second kappa shape index (κ2) is 3.67. The lowest BCUT2D eigenvalue weighted by Crippen LogP contribution is -1.89. The monoisotopic (exact) mass is 188 g/mol. The largest absolute Gasteiger partial charge is 0.507 e. The minimum atomic E-state index is -0.509. The van der Waals surface area contributed by atoms with Crippen LogP contribution >= 0.6 is 11.8 Å². The van der Waals surface area contributed by atoms with Gasteiger partial charge in [-0.25, -0.2) is 4.39 Å². The van der Waals surface area contributed by atoms with Crippen molar-refractivity contribution in [3.05, 3.63) is 17.9 Å². The van der Waals surface area contributed by atoms with E-state index in [1.54, 1.807) is 6.26 Å². The van der Waals surface area contributed by atoms with Gasteiger partial charge in [0, 0.05) is 0 Å². The van der Waals surface area contributed by atoms with Crippen LogP contribution in [0, 0.1) is 5.82 Å². The average Bonchev–Trinajstić information content (AvgIpc) is 2.06. The zero-order chi connectivity index (χ0) is 9.14. The smallest absolute Gasteiger partial charge is 0.182 e. The van der Waals surface area contributed by atoms with Gasteiger partial charge in [-0.15, -0.1) is 11.8 Å². The Hall–Kier alpha value is -0.900. The lowest BCUT2D eigenvalue weighted by molar-refractivity contribution is 0.373. The number of phenolic OH excluding ortho intramolecular Hbond substituents is 1. The lowest BCUT2D eigenvalue weighted by Gasteiger charge is -2.06. The first-order valence-electron chi connectivity index (χ1n) is 3.30. The van der Waals surface area contributed by atoms with Crippen LogP contribution in [0.4, 0.5) is 4.39 Å². The van der Waals surface area contributed by atoms with Crippen molar-refractivity contribution in [3.8, 4) is 11.5 Å². The number of rotatable bonds is 2. The van der Waals surface area contributed by atoms with E-state index in [-0.39, 0.29) is 16.4 Å². The van der Waals surface area contributed by atoms with Gasteiger partial charge in [0.1, 0.15) is 5.75 Å². The summed E-state index contributed by atoms with van der Waals surface area (Å²) in [5.74, 6) is -0.414. The molecule has 0 aliphatic heterocycles. The molecule has 66 valence electrons. The number of methoxy groups -OCH3 is 1. The topological polar surface area (TPSA) is 29.5 Å². The summed E-state index contributed by atoms with van der Waals surface area (Å²) < 4.78 is 18.0. The van der Waals surface area contributed by atoms with E-state index in [2.05, 4.69) is 0 Å². The summed E-state index contributed by atoms with van der Waals surface area (Å²) in [4.78, 5) is 0.217. The van der Waals surface area contributed by atoms with Crippen molar-refractivity contribution >= 4 is 11.8 Å². The fourth-order valence-electron chi connectivity index (χ4n) is 0.880. The third-order valence-electron chi connectivity index (χ3n) is 1.46. The highest BCUT2D eigenvalue weighted by atomic mass is 32.2. The van der Waals surface area contributed by atoms with Crippen LogP contribution in [-0.2, 0) is 0 Å². The Morgan fingerprint density at radius 3 is 2.67 bits per heavy atom. The van der Waals surface area contributed by atoms with E-state index >= 15 is 0 Å². The van der Waals surface area contributed by atoms with Gasteiger partial charge < -0.3 is 9.84 Å². The Kier molecular flexibility index (Phi) is 2.81. The Balaban J connectivity index is 3.24. The summed E-state index contributed by atoms with van der Waals surface area (Å²) in [6, 6.07) is 2.80. The standard InChI is InChI=1S/C8H9FO2S/c1-11-6-4-3-5(10)8(12-2)7(6)9/h3-4,10H,1-2H3. The first-order chi connectivity index (χ1) is 5.70. The van der Waals surface area contributed by atoms with Crippen LogP contribution in [0.3, 0.4) is 0 Å². The number of phenols is 1. The summed E-state index contributed by atoms with van der Waals surface area (Å²) in [5, 5.41) is 9.19. The molecule has 0 aromatic heterocycles. The van der Waals surface area contributed by atoms with Gasteiger partial charge in [0.25, 0.3) is 0 Å². The molecular formula is C8H9FO2S. The predicted octanol–water partition coefficient (Wildman–Crippen LogP) is 2.26. The van der Waals surface area contributed by atoms with Crippen LogP contribution in [0.2, 0.25) is 0 Å². The molecule has 0 radical (unpaired) electrons. The molecule has 0 aliphatic rings. The molecule has 0 saturated carbocycles. The third kappa shape index (κ3) is 1.48. The summed E-state index contributed by atoms with van der Waals surface area (Å²) in [6.45, 7) is 0. The molecule has 0 heterocycles. The molecule has 1 N–H and O–H groups in total. The second-order valence-corrected chi connectivity index (χ2v) is 2.95. The molecule has 0 bridgehead atoms. The SMILES string of the molecule is COc1ccc(O)c(SC)c1F. The van der Waals surface area contributed by atoms with Gasteiger partial charge in [-0.05, 0) is 18.4 Å². The van der Waals surface area contributed by atoms with Crippen molar-refractivity contribution in [2.45, 2.75) is 4.90 Å². The van der Waals surface area contributed by atoms with Gasteiger partial charge in [-0.3, -0.25) is 0 Å². The van der Waals surface area contributed by atoms with Gasteiger partial charge >= 0.3 is 0 Å². The van der Waals surface area contributed by atoms with Gasteiger partial charge in [0.15, 0.2) is 11.6 Å². The number of hydrogen-bond donors (Lipinski definition) is 1. The molecule has 0 atom stereocenters. The van der Waals surface area contributed by atoms with Gasteiger partial charge in [-0.2, -0.15) is 0 Å². The number of thioether (sulfide) groups is 1. The van der Waals surface area contributed by atoms with Crippen LogP contribution in [-0.4, -0.2) is 18.5 Å². The molecule has 1 rings (SSSR count). The zero-order valence-electron chi connectivity index (χ0n) is 6.80. The fourth-order valence-corrected chi connectivity index (χ4v) is 1.44. The lowest BCUT2D eigenvalue weighted by atomic mass is 10.3. The Morgan fingerprint density at radius 1 is 1.50 bits per heavy atom. The molecule has 0 aliphatic carbocycles. The second-order valence-electron chi connectivity index (χ2n) is 2.13. The average molecular weight is 188 g/mol. The normalized spacial score (nSPS) is 9.92. The Morgan fingerprint density at radius 2 is 2.17 bits per heavy atom. The van der Waals surface area contributed by atoms with Gasteiger partial charge in [-0.1, -0.05) is 0 Å². The van der Waals surface area contributed by atoms with Crippen LogP contribution in [0.15, 0.2) is 17.0 Å². The summed E-state index contributed by atoms with van der Waals surface area (Å²) in [6.07, 6.45) is 1.69. The van der Waals surface area contributed by atoms with Crippen molar-refractivity contribution in [1.82, 2.24) is 0 Å². The molecular weight excluding hydrogens is 179 g/mol. The number of hydrogen-bond acceptors (Lipinski definition) is 3. The maximum absolute atomic E-state index is 13.2. The first kappa shape index (κ1) is 9.19. The number of benzene rings is 1. The fraction of sp³-hybridized carbons (Fsp3) is 0.250. The Labute approximate surface area is 74.4 Å². The zero-order valence-corrected chi connectivity index (χ0v) is 7.61. The minimum absolute atomic E-state index is 0.0548. The van der Waals surface area contributed by atoms with Crippen LogP contribution in [0.25, 0.3) is 0 Å². The van der Waals surface area contributed by atoms with E-state index in [0.717, 1.165) is 11.8 Å². The van der Waals surface area contributed by atoms with Crippen LogP contribution in [0.5, 0.6) is 11.5 Å². The number of aromatic hydroxyl groups is 1. The van der Waals surface area contributed by atoms with Crippen molar-refractivity contribution in [3.63, 3.8) is 0 Å².